The van der Waals surface area contributed by atoms with Gasteiger partial charge in [-0.1, -0.05) is 12.1 Å². The molecule has 8 nitrogen and oxygen atoms in total. The fourth-order valence-electron chi connectivity index (χ4n) is 3.38. The summed E-state index contributed by atoms with van der Waals surface area (Å²) in [7, 11) is 0. The highest BCUT2D eigenvalue weighted by Crippen LogP contribution is 2.31. The molecule has 8 heteroatoms. The zero-order valence-electron chi connectivity index (χ0n) is 18.5. The van der Waals surface area contributed by atoms with Gasteiger partial charge in [-0.2, -0.15) is 0 Å². The molecule has 0 bridgehead atoms. The van der Waals surface area contributed by atoms with Crippen molar-refractivity contribution in [2.45, 2.75) is 52.1 Å². The van der Waals surface area contributed by atoms with Gasteiger partial charge < -0.3 is 19.9 Å². The molecule has 3 rings (SSSR count). The van der Waals surface area contributed by atoms with Crippen molar-refractivity contribution in [3.05, 3.63) is 53.1 Å². The first-order valence-electron chi connectivity index (χ1n) is 10.5. The Bertz CT molecular complexity index is 1030. The highest BCUT2D eigenvalue weighted by Gasteiger charge is 2.22. The lowest BCUT2D eigenvalue weighted by Crippen LogP contribution is -2.27. The fraction of sp³-hybridized carbons (Fsp3) is 0.375. The molecule has 2 aromatic carbocycles. The standard InChI is InChI=1S/C24H28N2O6/c1-24(2,3)32-23(29)26-16-10-11-18-20(14-16)30-13-5-7-17-15(9-12-21(25)27)6-4-8-19(17)31-22(18)28/h4,6,8,10-11,14H,5,7,9,12-13H2,1-3H3,(H2,25,27)(H,26,29). The van der Waals surface area contributed by atoms with Crippen molar-refractivity contribution in [2.75, 3.05) is 11.9 Å². The minimum absolute atomic E-state index is 0.219. The molecule has 0 saturated heterocycles. The molecule has 0 aliphatic carbocycles. The number of amides is 2. The summed E-state index contributed by atoms with van der Waals surface area (Å²) in [6, 6.07) is 10.1. The van der Waals surface area contributed by atoms with Crippen LogP contribution in [0.25, 0.3) is 0 Å². The molecule has 2 amide bonds. The maximum atomic E-state index is 12.9. The summed E-state index contributed by atoms with van der Waals surface area (Å²) < 4.78 is 16.8. The zero-order chi connectivity index (χ0) is 23.3. The van der Waals surface area contributed by atoms with Gasteiger partial charge in [-0.25, -0.2) is 9.59 Å². The molecule has 0 fully saturated rings. The number of fused-ring (bicyclic) bond motifs is 2. The Morgan fingerprint density at radius 3 is 2.66 bits per heavy atom. The number of hydrogen-bond acceptors (Lipinski definition) is 6. The van der Waals surface area contributed by atoms with Crippen LogP contribution in [0.5, 0.6) is 11.5 Å². The number of hydrogen-bond donors (Lipinski definition) is 2. The summed E-state index contributed by atoms with van der Waals surface area (Å²) in [5.74, 6) is -0.177. The van der Waals surface area contributed by atoms with Crippen molar-refractivity contribution in [3.8, 4) is 11.5 Å². The quantitative estimate of drug-likeness (QED) is 0.548. The average Bonchev–Trinajstić information content (AvgIpc) is 2.69. The molecule has 1 aliphatic rings. The predicted octanol–water partition coefficient (Wildman–Crippen LogP) is 4.00. The normalized spacial score (nSPS) is 13.7. The lowest BCUT2D eigenvalue weighted by Gasteiger charge is -2.21. The summed E-state index contributed by atoms with van der Waals surface area (Å²) in [6.45, 7) is 5.68. The summed E-state index contributed by atoms with van der Waals surface area (Å²) in [4.78, 5) is 36.1. The largest absolute Gasteiger partial charge is 0.493 e. The number of nitrogens with one attached hydrogen (secondary N) is 1. The second-order valence-corrected chi connectivity index (χ2v) is 8.54. The number of benzene rings is 2. The monoisotopic (exact) mass is 440 g/mol. The zero-order valence-corrected chi connectivity index (χ0v) is 18.5. The Labute approximate surface area is 187 Å². The van der Waals surface area contributed by atoms with Gasteiger partial charge in [-0.15, -0.1) is 0 Å². The van der Waals surface area contributed by atoms with E-state index in [1.165, 1.54) is 0 Å². The first-order valence-corrected chi connectivity index (χ1v) is 10.5. The molecule has 2 aromatic rings. The Morgan fingerprint density at radius 1 is 1.16 bits per heavy atom. The third-order valence-corrected chi connectivity index (χ3v) is 4.75. The molecule has 0 radical (unpaired) electrons. The number of ether oxygens (including phenoxy) is 3. The molecule has 32 heavy (non-hydrogen) atoms. The average molecular weight is 440 g/mol. The van der Waals surface area contributed by atoms with Gasteiger partial charge in [0.2, 0.25) is 5.91 Å². The van der Waals surface area contributed by atoms with Crippen LogP contribution in [0.4, 0.5) is 10.5 Å². The first kappa shape index (κ1) is 23.1. The van der Waals surface area contributed by atoms with E-state index in [1.54, 1.807) is 51.1 Å². The minimum Gasteiger partial charge on any atom is -0.493 e. The van der Waals surface area contributed by atoms with Crippen LogP contribution in [-0.2, 0) is 22.4 Å². The molecular formula is C24H28N2O6. The molecular weight excluding hydrogens is 412 g/mol. The molecule has 1 heterocycles. The highest BCUT2D eigenvalue weighted by atomic mass is 16.6. The highest BCUT2D eigenvalue weighted by molar-refractivity contribution is 5.95. The van der Waals surface area contributed by atoms with Gasteiger partial charge >= 0.3 is 12.1 Å². The Balaban J connectivity index is 1.84. The molecule has 1 aliphatic heterocycles. The van der Waals surface area contributed by atoms with E-state index in [-0.39, 0.29) is 17.9 Å². The van der Waals surface area contributed by atoms with Gasteiger partial charge in [0.15, 0.2) is 0 Å². The molecule has 0 aromatic heterocycles. The Kier molecular flexibility index (Phi) is 7.02. The molecule has 0 saturated carbocycles. The van der Waals surface area contributed by atoms with Crippen LogP contribution in [0.1, 0.15) is 55.1 Å². The summed E-state index contributed by atoms with van der Waals surface area (Å²) >= 11 is 0. The van der Waals surface area contributed by atoms with Crippen LogP contribution in [0.15, 0.2) is 36.4 Å². The Morgan fingerprint density at radius 2 is 1.94 bits per heavy atom. The first-order chi connectivity index (χ1) is 15.1. The summed E-state index contributed by atoms with van der Waals surface area (Å²) in [6.07, 6.45) is 1.38. The van der Waals surface area contributed by atoms with Crippen molar-refractivity contribution in [1.29, 1.82) is 0 Å². The van der Waals surface area contributed by atoms with Gasteiger partial charge in [-0.05, 0) is 69.4 Å². The van der Waals surface area contributed by atoms with Gasteiger partial charge in [0.1, 0.15) is 22.7 Å². The van der Waals surface area contributed by atoms with Crippen molar-refractivity contribution in [2.24, 2.45) is 5.73 Å². The smallest absolute Gasteiger partial charge is 0.412 e. The number of esters is 1. The number of anilines is 1. The second kappa shape index (κ2) is 9.72. The fourth-order valence-corrected chi connectivity index (χ4v) is 3.38. The summed E-state index contributed by atoms with van der Waals surface area (Å²) in [5, 5.41) is 2.64. The van der Waals surface area contributed by atoms with Crippen LogP contribution in [0.2, 0.25) is 0 Å². The van der Waals surface area contributed by atoms with Crippen molar-refractivity contribution >= 4 is 23.7 Å². The van der Waals surface area contributed by atoms with Crippen LogP contribution in [0, 0.1) is 0 Å². The van der Waals surface area contributed by atoms with Crippen LogP contribution >= 0.6 is 0 Å². The van der Waals surface area contributed by atoms with E-state index in [0.717, 1.165) is 11.1 Å². The third-order valence-electron chi connectivity index (χ3n) is 4.75. The van der Waals surface area contributed by atoms with E-state index in [2.05, 4.69) is 5.32 Å². The van der Waals surface area contributed by atoms with Crippen molar-refractivity contribution in [1.82, 2.24) is 0 Å². The maximum Gasteiger partial charge on any atom is 0.412 e. The van der Waals surface area contributed by atoms with Gasteiger partial charge in [-0.3, -0.25) is 10.1 Å². The Hall–Kier alpha value is -3.55. The van der Waals surface area contributed by atoms with E-state index in [0.29, 0.717) is 43.1 Å². The molecule has 0 atom stereocenters. The number of nitrogens with two attached hydrogens (primary N) is 1. The molecule has 0 spiro atoms. The summed E-state index contributed by atoms with van der Waals surface area (Å²) in [5.41, 5.74) is 7.14. The van der Waals surface area contributed by atoms with Gasteiger partial charge in [0.05, 0.1) is 6.61 Å². The predicted molar refractivity (Wildman–Crippen MR) is 119 cm³/mol. The number of carbonyl (C=O) groups excluding carboxylic acids is 3. The van der Waals surface area contributed by atoms with Crippen molar-refractivity contribution in [3.63, 3.8) is 0 Å². The van der Waals surface area contributed by atoms with Crippen molar-refractivity contribution < 1.29 is 28.6 Å². The number of primary amides is 1. The van der Waals surface area contributed by atoms with Gasteiger partial charge in [0, 0.05) is 18.2 Å². The van der Waals surface area contributed by atoms with Crippen LogP contribution in [-0.4, -0.2) is 30.2 Å². The number of rotatable bonds is 4. The lowest BCUT2D eigenvalue weighted by molar-refractivity contribution is -0.118. The molecule has 3 N–H and O–H groups in total. The van der Waals surface area contributed by atoms with Crippen LogP contribution in [0.3, 0.4) is 0 Å². The topological polar surface area (TPSA) is 117 Å². The third kappa shape index (κ3) is 6.23. The SMILES string of the molecule is CC(C)(C)OC(=O)Nc1ccc2c(c1)OCCCc1c(CCC(N)=O)cccc1OC2=O. The van der Waals surface area contributed by atoms with E-state index in [9.17, 15) is 14.4 Å². The number of aryl methyl sites for hydroxylation is 1. The maximum absolute atomic E-state index is 12.9. The second-order valence-electron chi connectivity index (χ2n) is 8.54. The van der Waals surface area contributed by atoms with E-state index in [1.807, 2.05) is 6.07 Å². The lowest BCUT2D eigenvalue weighted by atomic mass is 9.98. The van der Waals surface area contributed by atoms with Crippen LogP contribution < -0.4 is 20.5 Å². The van der Waals surface area contributed by atoms with Gasteiger partial charge in [0.25, 0.3) is 0 Å². The van der Waals surface area contributed by atoms with E-state index >= 15 is 0 Å². The molecule has 0 unspecified atom stereocenters. The van der Waals surface area contributed by atoms with E-state index in [4.69, 9.17) is 19.9 Å². The van der Waals surface area contributed by atoms with E-state index < -0.39 is 17.7 Å². The molecule has 170 valence electrons. The minimum atomic E-state index is -0.631. The number of carbonyl (C=O) groups is 3.